The van der Waals surface area contributed by atoms with E-state index < -0.39 is 12.2 Å². The lowest BCUT2D eigenvalue weighted by Crippen LogP contribution is -2.62. The molecule has 1 N–H and O–H groups in total. The Morgan fingerprint density at radius 3 is 2.40 bits per heavy atom. The van der Waals surface area contributed by atoms with Crippen LogP contribution in [0.4, 0.5) is 4.79 Å². The summed E-state index contributed by atoms with van der Waals surface area (Å²) in [6.45, 7) is 3.39. The minimum Gasteiger partial charge on any atom is -0.333 e. The van der Waals surface area contributed by atoms with Gasteiger partial charge in [0.05, 0.1) is 30.8 Å². The number of aromatic nitrogens is 1. The Labute approximate surface area is 245 Å². The van der Waals surface area contributed by atoms with Crippen molar-refractivity contribution in [3.05, 3.63) is 114 Å². The first-order chi connectivity index (χ1) is 20.5. The molecular weight excluding hydrogens is 528 g/mol. The third-order valence-electron chi connectivity index (χ3n) is 7.85. The lowest BCUT2D eigenvalue weighted by Gasteiger charge is -2.46. The van der Waals surface area contributed by atoms with Crippen LogP contribution in [-0.4, -0.2) is 68.4 Å². The number of pyridine rings is 1. The summed E-state index contributed by atoms with van der Waals surface area (Å²) < 4.78 is 0. The van der Waals surface area contributed by atoms with Gasteiger partial charge in [-0.3, -0.25) is 19.6 Å². The first-order valence-electron chi connectivity index (χ1n) is 14.4. The fraction of sp³-hybridized carbons (Fsp3) is 0.273. The van der Waals surface area contributed by atoms with Gasteiger partial charge in [-0.1, -0.05) is 91.9 Å². The molecule has 0 unspecified atom stereocenters. The van der Waals surface area contributed by atoms with Crippen molar-refractivity contribution >= 4 is 28.7 Å². The van der Waals surface area contributed by atoms with E-state index in [-0.39, 0.29) is 30.9 Å². The molecule has 2 saturated heterocycles. The highest BCUT2D eigenvalue weighted by Gasteiger charge is 2.52. The number of rotatable bonds is 8. The summed E-state index contributed by atoms with van der Waals surface area (Å²) in [5, 5.41) is 7.51. The zero-order valence-electron chi connectivity index (χ0n) is 23.6. The number of para-hydroxylation sites is 1. The minimum atomic E-state index is -0.793. The van der Waals surface area contributed by atoms with Crippen LogP contribution >= 0.6 is 0 Å². The summed E-state index contributed by atoms with van der Waals surface area (Å²) in [4.78, 5) is 49.5. The smallest absolute Gasteiger partial charge is 0.332 e. The van der Waals surface area contributed by atoms with E-state index in [9.17, 15) is 14.4 Å². The van der Waals surface area contributed by atoms with Crippen molar-refractivity contribution in [2.24, 2.45) is 0 Å². The summed E-state index contributed by atoms with van der Waals surface area (Å²) in [6.07, 6.45) is 0.206. The summed E-state index contributed by atoms with van der Waals surface area (Å²) in [5.74, 6) is -0.333. The van der Waals surface area contributed by atoms with Gasteiger partial charge in [-0.25, -0.2) is 4.79 Å². The van der Waals surface area contributed by atoms with Crippen LogP contribution in [0.1, 0.15) is 36.2 Å². The molecule has 6 rings (SSSR count). The van der Waals surface area contributed by atoms with Gasteiger partial charge in [-0.05, 0) is 29.7 Å². The maximum atomic E-state index is 14.1. The standard InChI is InChI=1S/C33H34N6O3/c1-2-19-37(33(42)34-20-24-11-5-3-6-12-24)38-23-30(40)39-29(38)22-36(32(41)31(39)26-14-7-4-8-15-26)21-27-18-17-25-13-9-10-16-28(25)35-27/h3-18,29,31H,2,19-23H2,1H3,(H,34,42)/t29-,31+/m1/s1. The maximum Gasteiger partial charge on any atom is 0.332 e. The zero-order valence-corrected chi connectivity index (χ0v) is 23.6. The molecule has 0 spiro atoms. The number of hydrogen-bond acceptors (Lipinski definition) is 5. The molecule has 42 heavy (non-hydrogen) atoms. The van der Waals surface area contributed by atoms with Crippen molar-refractivity contribution in [2.75, 3.05) is 19.6 Å². The normalized spacial score (nSPS) is 18.8. The van der Waals surface area contributed by atoms with Crippen molar-refractivity contribution in [1.29, 1.82) is 0 Å². The Morgan fingerprint density at radius 2 is 1.64 bits per heavy atom. The molecule has 9 heteroatoms. The van der Waals surface area contributed by atoms with Crippen LogP contribution in [0.3, 0.4) is 0 Å². The maximum absolute atomic E-state index is 14.1. The van der Waals surface area contributed by atoms with E-state index >= 15 is 0 Å². The van der Waals surface area contributed by atoms with Crippen LogP contribution in [0.15, 0.2) is 97.1 Å². The predicted octanol–water partition coefficient (Wildman–Crippen LogP) is 4.33. The first-order valence-corrected chi connectivity index (χ1v) is 14.4. The molecule has 4 amide bonds. The van der Waals surface area contributed by atoms with E-state index in [0.29, 0.717) is 26.1 Å². The SMILES string of the molecule is CCCN(C(=O)NCc1ccccc1)N1CC(=O)N2[C@@H](c3ccccc3)C(=O)N(Cc3ccc4ccccc4n3)C[C@@H]21. The fourth-order valence-corrected chi connectivity index (χ4v) is 5.86. The first kappa shape index (κ1) is 27.4. The average Bonchev–Trinajstić information content (AvgIpc) is 3.34. The van der Waals surface area contributed by atoms with Crippen LogP contribution in [0, 0.1) is 0 Å². The van der Waals surface area contributed by atoms with Crippen molar-refractivity contribution in [3.8, 4) is 0 Å². The van der Waals surface area contributed by atoms with Crippen LogP contribution in [0.2, 0.25) is 0 Å². The number of nitrogens with zero attached hydrogens (tertiary/aromatic N) is 5. The largest absolute Gasteiger partial charge is 0.333 e. The molecule has 3 heterocycles. The number of fused-ring (bicyclic) bond motifs is 2. The van der Waals surface area contributed by atoms with Gasteiger partial charge in [-0.15, -0.1) is 0 Å². The molecule has 0 aliphatic carbocycles. The minimum absolute atomic E-state index is 0.0160. The van der Waals surface area contributed by atoms with Gasteiger partial charge in [0.25, 0.3) is 5.91 Å². The number of hydrazine groups is 1. The number of carbonyl (C=O) groups excluding carboxylic acids is 3. The predicted molar refractivity (Wildman–Crippen MR) is 159 cm³/mol. The van der Waals surface area contributed by atoms with E-state index in [2.05, 4.69) is 5.32 Å². The number of carbonyl (C=O) groups is 3. The summed E-state index contributed by atoms with van der Waals surface area (Å²) in [5.41, 5.74) is 3.36. The van der Waals surface area contributed by atoms with Gasteiger partial charge < -0.3 is 15.1 Å². The Morgan fingerprint density at radius 1 is 0.929 bits per heavy atom. The molecule has 2 atom stereocenters. The van der Waals surface area contributed by atoms with Crippen molar-refractivity contribution in [1.82, 2.24) is 30.1 Å². The quantitative estimate of drug-likeness (QED) is 0.346. The lowest BCUT2D eigenvalue weighted by atomic mass is 10.0. The molecule has 3 aromatic carbocycles. The molecule has 2 aliphatic rings. The van der Waals surface area contributed by atoms with Crippen molar-refractivity contribution in [3.63, 3.8) is 0 Å². The van der Waals surface area contributed by atoms with Gasteiger partial charge in [-0.2, -0.15) is 5.01 Å². The molecule has 2 aliphatic heterocycles. The van der Waals surface area contributed by atoms with Crippen LogP contribution < -0.4 is 5.32 Å². The van der Waals surface area contributed by atoms with Gasteiger partial charge >= 0.3 is 6.03 Å². The number of nitrogens with one attached hydrogen (secondary N) is 1. The second kappa shape index (κ2) is 12.0. The second-order valence-corrected chi connectivity index (χ2v) is 10.7. The molecular formula is C33H34N6O3. The van der Waals surface area contributed by atoms with Gasteiger partial charge in [0, 0.05) is 18.5 Å². The Balaban J connectivity index is 1.31. The molecule has 4 aromatic rings. The molecule has 0 radical (unpaired) electrons. The number of amides is 4. The third-order valence-corrected chi connectivity index (χ3v) is 7.85. The Hall–Kier alpha value is -4.76. The van der Waals surface area contributed by atoms with E-state index in [1.807, 2.05) is 109 Å². The van der Waals surface area contributed by atoms with Crippen molar-refractivity contribution < 1.29 is 14.4 Å². The molecule has 0 bridgehead atoms. The highest BCUT2D eigenvalue weighted by Crippen LogP contribution is 2.36. The summed E-state index contributed by atoms with van der Waals surface area (Å²) >= 11 is 0. The van der Waals surface area contributed by atoms with E-state index in [0.717, 1.165) is 27.7 Å². The number of piperazine rings is 1. The highest BCUT2D eigenvalue weighted by molar-refractivity contribution is 5.92. The molecule has 0 saturated carbocycles. The molecule has 1 aromatic heterocycles. The van der Waals surface area contributed by atoms with E-state index in [1.165, 1.54) is 0 Å². The monoisotopic (exact) mass is 562 g/mol. The molecule has 2 fully saturated rings. The van der Waals surface area contributed by atoms with E-state index in [4.69, 9.17) is 4.98 Å². The fourth-order valence-electron chi connectivity index (χ4n) is 5.86. The number of urea groups is 1. The Bertz CT molecular complexity index is 1580. The third kappa shape index (κ3) is 5.43. The molecule has 214 valence electrons. The summed E-state index contributed by atoms with van der Waals surface area (Å²) in [6, 6.07) is 29.9. The van der Waals surface area contributed by atoms with E-state index in [1.54, 1.807) is 14.8 Å². The number of hydrogen-bond donors (Lipinski definition) is 1. The average molecular weight is 563 g/mol. The van der Waals surface area contributed by atoms with Gasteiger partial charge in [0.2, 0.25) is 5.91 Å². The lowest BCUT2D eigenvalue weighted by molar-refractivity contribution is -0.158. The van der Waals surface area contributed by atoms with Crippen LogP contribution in [0.5, 0.6) is 0 Å². The van der Waals surface area contributed by atoms with Crippen LogP contribution in [-0.2, 0) is 22.7 Å². The van der Waals surface area contributed by atoms with Gasteiger partial charge in [0.15, 0.2) is 0 Å². The highest BCUT2D eigenvalue weighted by atomic mass is 16.2. The van der Waals surface area contributed by atoms with Crippen molar-refractivity contribution in [2.45, 2.75) is 38.6 Å². The van der Waals surface area contributed by atoms with Crippen LogP contribution in [0.25, 0.3) is 10.9 Å². The topological polar surface area (TPSA) is 89.1 Å². The second-order valence-electron chi connectivity index (χ2n) is 10.7. The Kier molecular flexibility index (Phi) is 7.83. The zero-order chi connectivity index (χ0) is 29.1. The summed E-state index contributed by atoms with van der Waals surface area (Å²) in [7, 11) is 0. The van der Waals surface area contributed by atoms with Gasteiger partial charge in [0.1, 0.15) is 12.2 Å². The number of benzene rings is 3. The molecule has 9 nitrogen and oxygen atoms in total.